The van der Waals surface area contributed by atoms with Gasteiger partial charge in [-0.25, -0.2) is 4.98 Å². The molecule has 0 atom stereocenters. The van der Waals surface area contributed by atoms with E-state index in [0.29, 0.717) is 54.3 Å². The lowest BCUT2D eigenvalue weighted by Gasteiger charge is -2.27. The van der Waals surface area contributed by atoms with Crippen LogP contribution in [0.3, 0.4) is 0 Å². The summed E-state index contributed by atoms with van der Waals surface area (Å²) in [4.78, 5) is 9.13. The van der Waals surface area contributed by atoms with Gasteiger partial charge in [0.1, 0.15) is 16.8 Å². The van der Waals surface area contributed by atoms with E-state index in [1.807, 2.05) is 26.0 Å². The van der Waals surface area contributed by atoms with Crippen LogP contribution in [-0.4, -0.2) is 44.8 Å². The summed E-state index contributed by atoms with van der Waals surface area (Å²) in [6, 6.07) is 7.43. The third kappa shape index (κ3) is 5.99. The van der Waals surface area contributed by atoms with Crippen LogP contribution in [-0.2, 0) is 34.1 Å². The van der Waals surface area contributed by atoms with Gasteiger partial charge in [-0.15, -0.1) is 0 Å². The van der Waals surface area contributed by atoms with E-state index in [4.69, 9.17) is 18.4 Å². The Labute approximate surface area is 219 Å². The van der Waals surface area contributed by atoms with E-state index in [-0.39, 0.29) is 16.9 Å². The lowest BCUT2D eigenvalue weighted by atomic mass is 9.97. The summed E-state index contributed by atoms with van der Waals surface area (Å²) in [7, 11) is -2.64. The molecule has 0 bridgehead atoms. The van der Waals surface area contributed by atoms with Gasteiger partial charge in [-0.05, 0) is 48.9 Å². The Kier molecular flexibility index (Phi) is 8.54. The molecule has 8 nitrogen and oxygen atoms in total. The fourth-order valence-corrected chi connectivity index (χ4v) is 6.02. The number of ether oxygens (including phenoxy) is 3. The maximum absolute atomic E-state index is 13.9. The minimum absolute atomic E-state index is 0.0256. The standard InChI is InChI=1S/C28H36N2O6S/c1-6-9-19-12-20(10-7-2)27(21(13-19)11-8-3)37(31,32)36-28-23-14-26(35-22-16-34-17-22)25(33-5)15-24(23)29-18(4)30-28/h12-15,22H,6-11,16-17H2,1-5H3. The maximum Gasteiger partial charge on any atom is 0.341 e. The van der Waals surface area contributed by atoms with E-state index < -0.39 is 10.1 Å². The molecule has 3 aromatic rings. The summed E-state index contributed by atoms with van der Waals surface area (Å²) in [5.41, 5.74) is 3.25. The molecule has 0 N–H and O–H groups in total. The van der Waals surface area contributed by atoms with Gasteiger partial charge in [0, 0.05) is 6.07 Å². The molecule has 0 radical (unpaired) electrons. The van der Waals surface area contributed by atoms with Crippen molar-refractivity contribution in [2.24, 2.45) is 0 Å². The molecule has 4 rings (SSSR count). The fourth-order valence-electron chi connectivity index (χ4n) is 4.63. The minimum Gasteiger partial charge on any atom is -0.493 e. The van der Waals surface area contributed by atoms with Gasteiger partial charge in [-0.3, -0.25) is 0 Å². The lowest BCUT2D eigenvalue weighted by molar-refractivity contribution is -0.0802. The van der Waals surface area contributed by atoms with Crippen molar-refractivity contribution < 1.29 is 26.8 Å². The molecule has 1 aromatic heterocycles. The molecule has 200 valence electrons. The van der Waals surface area contributed by atoms with Gasteiger partial charge in [0.2, 0.25) is 5.88 Å². The van der Waals surface area contributed by atoms with E-state index in [1.165, 1.54) is 0 Å². The number of fused-ring (bicyclic) bond motifs is 1. The summed E-state index contributed by atoms with van der Waals surface area (Å²) < 4.78 is 50.4. The van der Waals surface area contributed by atoms with E-state index in [0.717, 1.165) is 42.4 Å². The molecule has 2 heterocycles. The fraction of sp³-hybridized carbons (Fsp3) is 0.500. The molecule has 37 heavy (non-hydrogen) atoms. The molecule has 1 aliphatic heterocycles. The smallest absolute Gasteiger partial charge is 0.341 e. The number of hydrogen-bond acceptors (Lipinski definition) is 8. The molecule has 0 aliphatic carbocycles. The Hall–Kier alpha value is -2.91. The maximum atomic E-state index is 13.9. The topological polar surface area (TPSA) is 96.8 Å². The van der Waals surface area contributed by atoms with Crippen LogP contribution in [0.25, 0.3) is 10.9 Å². The number of nitrogens with zero attached hydrogens (tertiary/aromatic N) is 2. The van der Waals surface area contributed by atoms with E-state index in [1.54, 1.807) is 26.2 Å². The van der Waals surface area contributed by atoms with Crippen LogP contribution in [0.15, 0.2) is 29.2 Å². The molecule has 1 aliphatic rings. The quantitative estimate of drug-likeness (QED) is 0.290. The van der Waals surface area contributed by atoms with Crippen molar-refractivity contribution in [1.29, 1.82) is 0 Å². The van der Waals surface area contributed by atoms with Crippen LogP contribution in [0.2, 0.25) is 0 Å². The monoisotopic (exact) mass is 528 g/mol. The first-order valence-electron chi connectivity index (χ1n) is 13.0. The van der Waals surface area contributed by atoms with Crippen molar-refractivity contribution in [2.45, 2.75) is 77.2 Å². The molecule has 0 spiro atoms. The number of aromatic nitrogens is 2. The molecule has 2 aromatic carbocycles. The van der Waals surface area contributed by atoms with Gasteiger partial charge < -0.3 is 18.4 Å². The summed E-state index contributed by atoms with van der Waals surface area (Å²) in [5.74, 6) is 1.32. The average Bonchev–Trinajstić information content (AvgIpc) is 2.81. The molecule has 1 fully saturated rings. The Balaban J connectivity index is 1.83. The minimum atomic E-state index is -4.19. The number of methoxy groups -OCH3 is 1. The van der Waals surface area contributed by atoms with Crippen LogP contribution in [0.1, 0.15) is 62.5 Å². The Bertz CT molecular complexity index is 1340. The second kappa shape index (κ2) is 11.6. The third-order valence-electron chi connectivity index (χ3n) is 6.28. The first-order valence-corrected chi connectivity index (χ1v) is 14.4. The molecule has 9 heteroatoms. The molecule has 1 saturated heterocycles. The first-order chi connectivity index (χ1) is 17.8. The molecular formula is C28H36N2O6S. The molecular weight excluding hydrogens is 492 g/mol. The SMILES string of the molecule is CCCc1cc(CCC)c(S(=O)(=O)Oc2nc(C)nc3cc(OC)c(OC4COC4)cc23)c(CCC)c1. The normalized spacial score (nSPS) is 14.0. The van der Waals surface area contributed by atoms with Gasteiger partial charge in [-0.1, -0.05) is 52.2 Å². The van der Waals surface area contributed by atoms with Gasteiger partial charge in [0.25, 0.3) is 0 Å². The number of benzene rings is 2. The second-order valence-electron chi connectivity index (χ2n) is 9.40. The third-order valence-corrected chi connectivity index (χ3v) is 7.68. The summed E-state index contributed by atoms with van der Waals surface area (Å²) in [5, 5.41) is 0.432. The summed E-state index contributed by atoms with van der Waals surface area (Å²) in [6.45, 7) is 8.89. The highest BCUT2D eigenvalue weighted by atomic mass is 32.2. The number of rotatable bonds is 12. The van der Waals surface area contributed by atoms with Crippen LogP contribution in [0.5, 0.6) is 17.4 Å². The van der Waals surface area contributed by atoms with E-state index in [2.05, 4.69) is 16.9 Å². The largest absolute Gasteiger partial charge is 0.493 e. The van der Waals surface area contributed by atoms with Crippen LogP contribution >= 0.6 is 0 Å². The van der Waals surface area contributed by atoms with Gasteiger partial charge >= 0.3 is 10.1 Å². The van der Waals surface area contributed by atoms with Gasteiger partial charge in [-0.2, -0.15) is 13.4 Å². The first kappa shape index (κ1) is 27.1. The van der Waals surface area contributed by atoms with Crippen molar-refractivity contribution in [1.82, 2.24) is 9.97 Å². The highest BCUT2D eigenvalue weighted by molar-refractivity contribution is 7.87. The summed E-state index contributed by atoms with van der Waals surface area (Å²) in [6.07, 6.45) is 4.74. The average molecular weight is 529 g/mol. The van der Waals surface area contributed by atoms with Crippen molar-refractivity contribution in [3.05, 3.63) is 46.8 Å². The Morgan fingerprint density at radius 2 is 1.57 bits per heavy atom. The zero-order valence-electron chi connectivity index (χ0n) is 22.3. The Morgan fingerprint density at radius 1 is 0.919 bits per heavy atom. The highest BCUT2D eigenvalue weighted by Gasteiger charge is 2.28. The second-order valence-corrected chi connectivity index (χ2v) is 10.9. The van der Waals surface area contributed by atoms with Crippen molar-refractivity contribution in [2.75, 3.05) is 20.3 Å². The summed E-state index contributed by atoms with van der Waals surface area (Å²) >= 11 is 0. The van der Waals surface area contributed by atoms with Gasteiger partial charge in [0.15, 0.2) is 11.5 Å². The van der Waals surface area contributed by atoms with E-state index >= 15 is 0 Å². The predicted octanol–water partition coefficient (Wildman–Crippen LogP) is 5.35. The number of aryl methyl sites for hydroxylation is 4. The van der Waals surface area contributed by atoms with Crippen LogP contribution < -0.4 is 13.7 Å². The zero-order chi connectivity index (χ0) is 26.6. The van der Waals surface area contributed by atoms with Crippen LogP contribution in [0, 0.1) is 6.92 Å². The zero-order valence-corrected chi connectivity index (χ0v) is 23.1. The molecule has 0 unspecified atom stereocenters. The van der Waals surface area contributed by atoms with Crippen molar-refractivity contribution in [3.8, 4) is 17.4 Å². The van der Waals surface area contributed by atoms with E-state index in [9.17, 15) is 8.42 Å². The Morgan fingerprint density at radius 3 is 2.11 bits per heavy atom. The van der Waals surface area contributed by atoms with Crippen molar-refractivity contribution in [3.63, 3.8) is 0 Å². The lowest BCUT2D eigenvalue weighted by Crippen LogP contribution is -2.38. The molecule has 0 saturated carbocycles. The van der Waals surface area contributed by atoms with Crippen LogP contribution in [0.4, 0.5) is 0 Å². The van der Waals surface area contributed by atoms with Crippen molar-refractivity contribution >= 4 is 21.0 Å². The predicted molar refractivity (Wildman–Crippen MR) is 142 cm³/mol. The number of hydrogen-bond donors (Lipinski definition) is 0. The van der Waals surface area contributed by atoms with Gasteiger partial charge in [0.05, 0.1) is 31.2 Å². The highest BCUT2D eigenvalue weighted by Crippen LogP contribution is 2.37. The molecule has 0 amide bonds.